The number of thioether (sulfide) groups is 1. The van der Waals surface area contributed by atoms with Crippen LogP contribution in [0.15, 0.2) is 18.2 Å². The Morgan fingerprint density at radius 3 is 2.90 bits per heavy atom. The molecule has 1 N–H and O–H groups in total. The van der Waals surface area contributed by atoms with Gasteiger partial charge in [0.2, 0.25) is 0 Å². The predicted molar refractivity (Wildman–Crippen MR) is 82.2 cm³/mol. The molecule has 0 bridgehead atoms. The fourth-order valence-electron chi connectivity index (χ4n) is 2.46. The summed E-state index contributed by atoms with van der Waals surface area (Å²) in [6.45, 7) is 7.06. The van der Waals surface area contributed by atoms with E-state index >= 15 is 0 Å². The molecule has 1 aromatic carbocycles. The van der Waals surface area contributed by atoms with E-state index in [1.54, 1.807) is 6.07 Å². The first-order valence-electron chi connectivity index (χ1n) is 6.74. The molecule has 2 rings (SSSR count). The molecule has 1 fully saturated rings. The summed E-state index contributed by atoms with van der Waals surface area (Å²) >= 11 is 1.99. The van der Waals surface area contributed by atoms with Crippen LogP contribution in [-0.2, 0) is 6.54 Å². The van der Waals surface area contributed by atoms with Crippen LogP contribution in [0, 0.1) is 17.7 Å². The summed E-state index contributed by atoms with van der Waals surface area (Å²) in [5, 5.41) is 8.71. The number of hydrogen-bond acceptors (Lipinski definition) is 3. The second-order valence-corrected chi connectivity index (χ2v) is 7.43. The van der Waals surface area contributed by atoms with Gasteiger partial charge >= 0.3 is 0 Å². The number of benzene rings is 1. The topological polar surface area (TPSA) is 23.5 Å². The first-order valence-corrected chi connectivity index (χ1v) is 7.73. The maximum atomic E-state index is 13.6. The summed E-state index contributed by atoms with van der Waals surface area (Å²) in [5.74, 6) is 6.17. The fourth-order valence-corrected chi connectivity index (χ4v) is 3.64. The van der Waals surface area contributed by atoms with Crippen LogP contribution in [0.3, 0.4) is 0 Å². The van der Waals surface area contributed by atoms with Crippen molar-refractivity contribution in [2.75, 3.05) is 25.4 Å². The van der Waals surface area contributed by atoms with Crippen molar-refractivity contribution in [2.24, 2.45) is 0 Å². The van der Waals surface area contributed by atoms with E-state index in [-0.39, 0.29) is 17.2 Å². The van der Waals surface area contributed by atoms with Crippen LogP contribution in [0.2, 0.25) is 0 Å². The second kappa shape index (κ2) is 6.62. The van der Waals surface area contributed by atoms with Crippen molar-refractivity contribution in [1.29, 1.82) is 0 Å². The molecule has 2 nitrogen and oxygen atoms in total. The highest BCUT2D eigenvalue weighted by atomic mass is 32.2. The predicted octanol–water partition coefficient (Wildman–Crippen LogP) is 2.50. The highest BCUT2D eigenvalue weighted by molar-refractivity contribution is 8.00. The van der Waals surface area contributed by atoms with E-state index in [0.717, 1.165) is 31.0 Å². The van der Waals surface area contributed by atoms with Crippen molar-refractivity contribution in [1.82, 2.24) is 4.90 Å². The van der Waals surface area contributed by atoms with Gasteiger partial charge in [-0.15, -0.1) is 0 Å². The van der Waals surface area contributed by atoms with Gasteiger partial charge in [-0.2, -0.15) is 11.8 Å². The number of hydrogen-bond donors (Lipinski definition) is 1. The van der Waals surface area contributed by atoms with Crippen LogP contribution in [-0.4, -0.2) is 40.2 Å². The molecule has 1 heterocycles. The Hall–Kier alpha value is -1.02. The minimum atomic E-state index is -0.268. The Morgan fingerprint density at radius 1 is 1.40 bits per heavy atom. The first-order chi connectivity index (χ1) is 9.48. The molecule has 0 saturated carbocycles. The standard InChI is InChI=1S/C16H20FNOS/c1-16(2)12-18(5-7-20-16)11-14-8-13(4-3-6-19)9-15(17)10-14/h8-10,19H,5-7,11-12H2,1-2H3. The van der Waals surface area contributed by atoms with E-state index in [1.165, 1.54) is 6.07 Å². The van der Waals surface area contributed by atoms with E-state index < -0.39 is 0 Å². The second-order valence-electron chi connectivity index (χ2n) is 5.63. The van der Waals surface area contributed by atoms with Crippen LogP contribution >= 0.6 is 11.8 Å². The van der Waals surface area contributed by atoms with Crippen molar-refractivity contribution >= 4 is 11.8 Å². The van der Waals surface area contributed by atoms with Crippen LogP contribution < -0.4 is 0 Å². The number of nitrogens with zero attached hydrogens (tertiary/aromatic N) is 1. The molecule has 0 aromatic heterocycles. The Balaban J connectivity index is 2.11. The molecule has 0 aliphatic carbocycles. The Labute approximate surface area is 124 Å². The average Bonchev–Trinajstić information content (AvgIpc) is 2.34. The minimum absolute atomic E-state index is 0.205. The SMILES string of the molecule is CC1(C)CN(Cc2cc(F)cc(C#CCO)c2)CCS1. The van der Waals surface area contributed by atoms with Crippen molar-refractivity contribution < 1.29 is 9.50 Å². The summed E-state index contributed by atoms with van der Waals surface area (Å²) in [6, 6.07) is 4.88. The largest absolute Gasteiger partial charge is 0.384 e. The third-order valence-electron chi connectivity index (χ3n) is 3.18. The summed E-state index contributed by atoms with van der Waals surface area (Å²) in [7, 11) is 0. The number of aliphatic hydroxyl groups is 1. The highest BCUT2D eigenvalue weighted by Gasteiger charge is 2.26. The molecule has 4 heteroatoms. The van der Waals surface area contributed by atoms with Gasteiger partial charge in [0.05, 0.1) is 0 Å². The zero-order chi connectivity index (χ0) is 14.6. The van der Waals surface area contributed by atoms with E-state index in [1.807, 2.05) is 17.8 Å². The van der Waals surface area contributed by atoms with Crippen LogP contribution in [0.5, 0.6) is 0 Å². The lowest BCUT2D eigenvalue weighted by molar-refractivity contribution is 0.252. The van der Waals surface area contributed by atoms with Crippen molar-refractivity contribution in [3.05, 3.63) is 35.1 Å². The number of aliphatic hydroxyl groups excluding tert-OH is 1. The zero-order valence-electron chi connectivity index (χ0n) is 11.9. The summed E-state index contributed by atoms with van der Waals surface area (Å²) in [4.78, 5) is 2.36. The van der Waals surface area contributed by atoms with Gasteiger partial charge in [-0.05, 0) is 37.6 Å². The van der Waals surface area contributed by atoms with Gasteiger partial charge in [0.25, 0.3) is 0 Å². The maximum Gasteiger partial charge on any atom is 0.124 e. The van der Waals surface area contributed by atoms with E-state index in [2.05, 4.69) is 30.6 Å². The van der Waals surface area contributed by atoms with Gasteiger partial charge in [-0.3, -0.25) is 4.90 Å². The lowest BCUT2D eigenvalue weighted by Crippen LogP contribution is -2.42. The molecular weight excluding hydrogens is 273 g/mol. The lowest BCUT2D eigenvalue weighted by atomic mass is 10.1. The van der Waals surface area contributed by atoms with Gasteiger partial charge < -0.3 is 5.11 Å². The molecule has 0 unspecified atom stereocenters. The Morgan fingerprint density at radius 2 is 2.20 bits per heavy atom. The van der Waals surface area contributed by atoms with Crippen LogP contribution in [0.1, 0.15) is 25.0 Å². The Kier molecular flexibility index (Phi) is 5.09. The van der Waals surface area contributed by atoms with Crippen molar-refractivity contribution in [3.63, 3.8) is 0 Å². The molecule has 0 radical (unpaired) electrons. The minimum Gasteiger partial charge on any atom is -0.384 e. The smallest absolute Gasteiger partial charge is 0.124 e. The van der Waals surface area contributed by atoms with Gasteiger partial charge in [-0.1, -0.05) is 11.8 Å². The molecule has 0 amide bonds. The third-order valence-corrected chi connectivity index (χ3v) is 4.48. The van der Waals surface area contributed by atoms with Crippen LogP contribution in [0.4, 0.5) is 4.39 Å². The van der Waals surface area contributed by atoms with Crippen molar-refractivity contribution in [2.45, 2.75) is 25.1 Å². The summed E-state index contributed by atoms with van der Waals surface area (Å²) in [5.41, 5.74) is 1.56. The van der Waals surface area contributed by atoms with Gasteiger partial charge in [0, 0.05) is 35.7 Å². The Bertz CT molecular complexity index is 533. The van der Waals surface area contributed by atoms with Gasteiger partial charge in [-0.25, -0.2) is 4.39 Å². The first kappa shape index (κ1) is 15.4. The monoisotopic (exact) mass is 293 g/mol. The van der Waals surface area contributed by atoms with E-state index in [4.69, 9.17) is 5.11 Å². The quantitative estimate of drug-likeness (QED) is 0.848. The molecule has 0 atom stereocenters. The molecule has 1 saturated heterocycles. The number of halogens is 1. The molecule has 108 valence electrons. The molecule has 20 heavy (non-hydrogen) atoms. The van der Waals surface area contributed by atoms with E-state index in [9.17, 15) is 4.39 Å². The number of rotatable bonds is 2. The molecule has 1 aliphatic rings. The normalized spacial score (nSPS) is 18.4. The maximum absolute atomic E-state index is 13.6. The fraction of sp³-hybridized carbons (Fsp3) is 0.500. The average molecular weight is 293 g/mol. The molecule has 1 aromatic rings. The lowest BCUT2D eigenvalue weighted by Gasteiger charge is -2.37. The van der Waals surface area contributed by atoms with Crippen LogP contribution in [0.25, 0.3) is 0 Å². The van der Waals surface area contributed by atoms with Crippen molar-refractivity contribution in [3.8, 4) is 11.8 Å². The summed E-state index contributed by atoms with van der Waals surface area (Å²) < 4.78 is 13.9. The molecular formula is C16H20FNOS. The zero-order valence-corrected chi connectivity index (χ0v) is 12.8. The van der Waals surface area contributed by atoms with E-state index in [0.29, 0.717) is 5.56 Å². The summed E-state index contributed by atoms with van der Waals surface area (Å²) in [6.07, 6.45) is 0. The van der Waals surface area contributed by atoms with Gasteiger partial charge in [0.15, 0.2) is 0 Å². The highest BCUT2D eigenvalue weighted by Crippen LogP contribution is 2.30. The third kappa shape index (κ3) is 4.52. The molecule has 0 spiro atoms. The molecule has 1 aliphatic heterocycles. The van der Waals surface area contributed by atoms with Gasteiger partial charge in [0.1, 0.15) is 12.4 Å².